The predicted molar refractivity (Wildman–Crippen MR) is 143 cm³/mol. The molecule has 0 aromatic heterocycles. The summed E-state index contributed by atoms with van der Waals surface area (Å²) in [5.74, 6) is -0.850. The summed E-state index contributed by atoms with van der Waals surface area (Å²) in [4.78, 5) is 43.1. The third kappa shape index (κ3) is 4.59. The van der Waals surface area contributed by atoms with E-state index in [4.69, 9.17) is 16.3 Å². The molecule has 3 amide bonds. The number of nitrogens with zero attached hydrogens (tertiary/aromatic N) is 1. The van der Waals surface area contributed by atoms with Gasteiger partial charge in [0.25, 0.3) is 0 Å². The molecular formula is C29H38ClN3O4. The topological polar surface area (TPSA) is 87.7 Å². The van der Waals surface area contributed by atoms with Crippen molar-refractivity contribution in [1.29, 1.82) is 0 Å². The van der Waals surface area contributed by atoms with Crippen molar-refractivity contribution < 1.29 is 19.1 Å². The molecule has 37 heavy (non-hydrogen) atoms. The van der Waals surface area contributed by atoms with Crippen molar-refractivity contribution in [1.82, 2.24) is 10.2 Å². The first-order valence-corrected chi connectivity index (χ1v) is 14.0. The molecule has 1 aromatic rings. The van der Waals surface area contributed by atoms with Gasteiger partial charge < -0.3 is 20.3 Å². The number of benzene rings is 1. The van der Waals surface area contributed by atoms with E-state index in [0.29, 0.717) is 35.0 Å². The van der Waals surface area contributed by atoms with Gasteiger partial charge in [-0.2, -0.15) is 0 Å². The van der Waals surface area contributed by atoms with Crippen molar-refractivity contribution in [2.75, 3.05) is 11.9 Å². The molecule has 8 atom stereocenters. The Balaban J connectivity index is 1.43. The minimum Gasteiger partial charge on any atom is -0.359 e. The zero-order chi connectivity index (χ0) is 26.5. The Kier molecular flexibility index (Phi) is 7.14. The Labute approximate surface area is 224 Å². The van der Waals surface area contributed by atoms with Gasteiger partial charge in [0.15, 0.2) is 0 Å². The molecule has 0 radical (unpaired) electrons. The number of hydrogen-bond acceptors (Lipinski definition) is 4. The number of likely N-dealkylation sites (tertiary alicyclic amines) is 1. The van der Waals surface area contributed by atoms with E-state index in [2.05, 4.69) is 38.3 Å². The Hall–Kier alpha value is -2.38. The molecule has 4 aliphatic rings. The maximum atomic E-state index is 14.0. The first-order valence-electron chi connectivity index (χ1n) is 13.7. The van der Waals surface area contributed by atoms with Gasteiger partial charge >= 0.3 is 0 Å². The molecule has 8 heteroatoms. The van der Waals surface area contributed by atoms with Crippen molar-refractivity contribution in [3.8, 4) is 0 Å². The summed E-state index contributed by atoms with van der Waals surface area (Å²) in [6.45, 7) is 9.08. The monoisotopic (exact) mass is 527 g/mol. The van der Waals surface area contributed by atoms with Crippen LogP contribution in [0.3, 0.4) is 0 Å². The van der Waals surface area contributed by atoms with Crippen molar-refractivity contribution in [2.45, 2.75) is 77.2 Å². The minimum absolute atomic E-state index is 0.0678. The number of ether oxygens (including phenoxy) is 1. The molecule has 5 rings (SSSR count). The molecule has 2 saturated heterocycles. The highest BCUT2D eigenvalue weighted by Gasteiger charge is 2.72. The van der Waals surface area contributed by atoms with Gasteiger partial charge in [0.05, 0.1) is 17.9 Å². The maximum Gasteiger partial charge on any atom is 0.246 e. The van der Waals surface area contributed by atoms with E-state index < -0.39 is 29.6 Å². The molecule has 7 nitrogen and oxygen atoms in total. The molecule has 1 spiro atoms. The van der Waals surface area contributed by atoms with Crippen LogP contribution in [0.4, 0.5) is 5.69 Å². The summed E-state index contributed by atoms with van der Waals surface area (Å²) in [6.07, 6.45) is 7.11. The normalized spacial score (nSPS) is 36.2. The average Bonchev–Trinajstić information content (AvgIpc) is 3.48. The second-order valence-corrected chi connectivity index (χ2v) is 12.2. The van der Waals surface area contributed by atoms with Crippen LogP contribution in [-0.4, -0.2) is 53.0 Å². The van der Waals surface area contributed by atoms with Crippen molar-refractivity contribution in [3.05, 3.63) is 41.4 Å². The SMILES string of the molecule is CC(C)CCN1C(=O)[C@H]2[C@H](C(=O)Nc3cccc(Cl)c3)[C@H]3C=C[C@@]2(O3)[C@@H]1C(=O)N[C@@H]1CCC[C@H](C)[C@H]1C. The Bertz CT molecular complexity index is 1110. The first-order chi connectivity index (χ1) is 17.6. The number of halogens is 1. The average molecular weight is 528 g/mol. The second kappa shape index (κ2) is 10.1. The summed E-state index contributed by atoms with van der Waals surface area (Å²) >= 11 is 6.10. The fraction of sp³-hybridized carbons (Fsp3) is 0.621. The van der Waals surface area contributed by atoms with Crippen LogP contribution in [0.2, 0.25) is 5.02 Å². The van der Waals surface area contributed by atoms with Crippen molar-refractivity contribution >= 4 is 35.0 Å². The lowest BCUT2D eigenvalue weighted by molar-refractivity contribution is -0.141. The van der Waals surface area contributed by atoms with Crippen molar-refractivity contribution in [3.63, 3.8) is 0 Å². The van der Waals surface area contributed by atoms with E-state index in [1.165, 1.54) is 6.42 Å². The Morgan fingerprint density at radius 1 is 1.22 bits per heavy atom. The molecule has 3 fully saturated rings. The van der Waals surface area contributed by atoms with Gasteiger partial charge in [-0.25, -0.2) is 0 Å². The largest absolute Gasteiger partial charge is 0.359 e. The molecule has 1 saturated carbocycles. The van der Waals surface area contributed by atoms with E-state index in [0.717, 1.165) is 19.3 Å². The summed E-state index contributed by atoms with van der Waals surface area (Å²) < 4.78 is 6.44. The van der Waals surface area contributed by atoms with Gasteiger partial charge in [0.1, 0.15) is 11.6 Å². The number of fused-ring (bicyclic) bond motifs is 1. The zero-order valence-corrected chi connectivity index (χ0v) is 22.8. The van der Waals surface area contributed by atoms with Crippen LogP contribution in [0.5, 0.6) is 0 Å². The molecule has 200 valence electrons. The van der Waals surface area contributed by atoms with Gasteiger partial charge in [-0.1, -0.05) is 70.4 Å². The fourth-order valence-corrected chi connectivity index (χ4v) is 6.93. The highest BCUT2D eigenvalue weighted by molar-refractivity contribution is 6.30. The number of amides is 3. The number of nitrogens with one attached hydrogen (secondary N) is 2. The van der Waals surface area contributed by atoms with Gasteiger partial charge in [0.2, 0.25) is 17.7 Å². The molecule has 1 aliphatic carbocycles. The van der Waals surface area contributed by atoms with Gasteiger partial charge in [-0.05, 0) is 48.8 Å². The third-order valence-corrected chi connectivity index (χ3v) is 9.23. The fourth-order valence-electron chi connectivity index (χ4n) is 6.74. The van der Waals surface area contributed by atoms with Crippen LogP contribution in [0.15, 0.2) is 36.4 Å². The quantitative estimate of drug-likeness (QED) is 0.514. The van der Waals surface area contributed by atoms with Crippen molar-refractivity contribution in [2.24, 2.45) is 29.6 Å². The van der Waals surface area contributed by atoms with E-state index in [-0.39, 0.29) is 23.8 Å². The van der Waals surface area contributed by atoms with E-state index in [1.54, 1.807) is 29.2 Å². The van der Waals surface area contributed by atoms with Gasteiger partial charge in [-0.3, -0.25) is 14.4 Å². The lowest BCUT2D eigenvalue weighted by Gasteiger charge is -2.38. The Morgan fingerprint density at radius 2 is 2.00 bits per heavy atom. The lowest BCUT2D eigenvalue weighted by Crippen LogP contribution is -2.58. The predicted octanol–water partition coefficient (Wildman–Crippen LogP) is 4.42. The van der Waals surface area contributed by atoms with Gasteiger partial charge in [-0.15, -0.1) is 0 Å². The van der Waals surface area contributed by atoms with E-state index in [1.807, 2.05) is 12.2 Å². The first kappa shape index (κ1) is 26.2. The van der Waals surface area contributed by atoms with Crippen LogP contribution in [-0.2, 0) is 19.1 Å². The van der Waals surface area contributed by atoms with Crippen LogP contribution in [0.1, 0.15) is 53.4 Å². The summed E-state index contributed by atoms with van der Waals surface area (Å²) in [5, 5.41) is 6.73. The third-order valence-electron chi connectivity index (χ3n) is 9.00. The smallest absolute Gasteiger partial charge is 0.246 e. The number of hydrogen-bond donors (Lipinski definition) is 2. The minimum atomic E-state index is -1.14. The summed E-state index contributed by atoms with van der Waals surface area (Å²) in [5.41, 5.74) is -0.571. The molecule has 2 N–H and O–H groups in total. The molecular weight excluding hydrogens is 490 g/mol. The standard InChI is InChI=1S/C29H38ClN3O4/c1-16(2)12-14-33-25(27(35)32-21-10-5-7-17(3)18(21)4)29-13-11-22(37-29)23(24(29)28(33)36)26(34)31-20-9-6-8-19(30)15-20/h6,8-9,11,13,15-18,21-25H,5,7,10,12,14H2,1-4H3,(H,31,34)(H,32,35)/t17-,18+,21+,22+,23+,24+,25-,29-/m0/s1. The number of carbonyl (C=O) groups is 3. The van der Waals surface area contributed by atoms with E-state index in [9.17, 15) is 14.4 Å². The van der Waals surface area contributed by atoms with Crippen LogP contribution in [0.25, 0.3) is 0 Å². The number of carbonyl (C=O) groups excluding carboxylic acids is 3. The summed E-state index contributed by atoms with van der Waals surface area (Å²) in [7, 11) is 0. The highest BCUT2D eigenvalue weighted by atomic mass is 35.5. The lowest BCUT2D eigenvalue weighted by atomic mass is 9.73. The Morgan fingerprint density at radius 3 is 2.73 bits per heavy atom. The highest BCUT2D eigenvalue weighted by Crippen LogP contribution is 2.55. The number of rotatable bonds is 7. The second-order valence-electron chi connectivity index (χ2n) is 11.8. The molecule has 1 aromatic carbocycles. The number of anilines is 1. The summed E-state index contributed by atoms with van der Waals surface area (Å²) in [6, 6.07) is 6.21. The van der Waals surface area contributed by atoms with Crippen LogP contribution >= 0.6 is 11.6 Å². The van der Waals surface area contributed by atoms with Gasteiger partial charge in [0, 0.05) is 23.3 Å². The zero-order valence-electron chi connectivity index (χ0n) is 22.1. The van der Waals surface area contributed by atoms with E-state index >= 15 is 0 Å². The molecule has 2 bridgehead atoms. The molecule has 3 aliphatic heterocycles. The van der Waals surface area contributed by atoms with Crippen LogP contribution < -0.4 is 10.6 Å². The molecule has 0 unspecified atom stereocenters. The molecule has 3 heterocycles. The van der Waals surface area contributed by atoms with Crippen LogP contribution in [0, 0.1) is 29.6 Å². The maximum absolute atomic E-state index is 14.0.